The summed E-state index contributed by atoms with van der Waals surface area (Å²) in [5.41, 5.74) is -16.0. The maximum Gasteiger partial charge on any atom is 0.233 e. The largest absolute Gasteiger partial charge is 0.287 e. The normalized spacial score (nSPS) is 29.2. The number of halogens is 18. The van der Waals surface area contributed by atoms with E-state index in [1.165, 1.54) is 0 Å². The standard InChI is InChI=1S/2C15H5F9O/c2*16-4-1-3-2-5(17)14(25)15(3,24)7(8(4)18)6-9(19)11(21)13(23)12(22)10(6)20/h2*2-4H,1H2/t2*3-,4+,15-/m10/s1. The Labute approximate surface area is 265 Å². The number of hydrogen-bond donors (Lipinski definition) is 0. The van der Waals surface area contributed by atoms with Crippen LogP contribution in [0.3, 0.4) is 0 Å². The molecule has 4 aliphatic carbocycles. The summed E-state index contributed by atoms with van der Waals surface area (Å²) in [6.45, 7) is 0. The van der Waals surface area contributed by atoms with Crippen molar-refractivity contribution in [1.29, 1.82) is 0 Å². The van der Waals surface area contributed by atoms with Gasteiger partial charge in [0.15, 0.2) is 70.5 Å². The molecule has 268 valence electrons. The minimum atomic E-state index is -3.82. The molecule has 2 aromatic carbocycles. The van der Waals surface area contributed by atoms with Crippen molar-refractivity contribution in [2.24, 2.45) is 11.8 Å². The van der Waals surface area contributed by atoms with Crippen LogP contribution in [-0.4, -0.2) is 35.2 Å². The summed E-state index contributed by atoms with van der Waals surface area (Å²) < 4.78 is 248. The Kier molecular flexibility index (Phi) is 8.87. The van der Waals surface area contributed by atoms with Gasteiger partial charge in [-0.2, -0.15) is 0 Å². The highest BCUT2D eigenvalue weighted by Crippen LogP contribution is 2.56. The Morgan fingerprint density at radius 3 is 0.940 bits per heavy atom. The van der Waals surface area contributed by atoms with Crippen LogP contribution in [0.2, 0.25) is 0 Å². The number of hydrogen-bond acceptors (Lipinski definition) is 2. The number of alkyl halides is 4. The maximum absolute atomic E-state index is 15.1. The van der Waals surface area contributed by atoms with Crippen molar-refractivity contribution in [2.45, 2.75) is 36.5 Å². The van der Waals surface area contributed by atoms with Crippen LogP contribution in [-0.2, 0) is 9.59 Å². The number of Topliss-reactive ketones (excluding diaryl/α,β-unsaturated/α-hetero) is 2. The van der Waals surface area contributed by atoms with Crippen LogP contribution in [0.4, 0.5) is 79.0 Å². The molecular formula is C30H10F18O2. The quantitative estimate of drug-likeness (QED) is 0.175. The second-order valence-electron chi connectivity index (χ2n) is 11.1. The lowest BCUT2D eigenvalue weighted by Gasteiger charge is -2.34. The number of benzene rings is 2. The van der Waals surface area contributed by atoms with Gasteiger partial charge in [0.25, 0.3) is 0 Å². The van der Waals surface area contributed by atoms with Gasteiger partial charge in [0.05, 0.1) is 11.1 Å². The van der Waals surface area contributed by atoms with Crippen LogP contribution >= 0.6 is 0 Å². The molecule has 0 unspecified atom stereocenters. The van der Waals surface area contributed by atoms with Crippen LogP contribution in [0.15, 0.2) is 35.5 Å². The zero-order chi connectivity index (χ0) is 37.7. The van der Waals surface area contributed by atoms with Crippen molar-refractivity contribution >= 4 is 22.7 Å². The van der Waals surface area contributed by atoms with Gasteiger partial charge in [0.1, 0.15) is 11.7 Å². The molecule has 0 fully saturated rings. The topological polar surface area (TPSA) is 34.1 Å². The van der Waals surface area contributed by atoms with E-state index in [-0.39, 0.29) is 12.2 Å². The third-order valence-corrected chi connectivity index (χ3v) is 8.41. The van der Waals surface area contributed by atoms with E-state index < -0.39 is 164 Å². The van der Waals surface area contributed by atoms with Crippen LogP contribution in [0.1, 0.15) is 24.0 Å². The van der Waals surface area contributed by atoms with Gasteiger partial charge in [-0.05, 0) is 25.0 Å². The molecule has 6 rings (SSSR count). The fourth-order valence-corrected chi connectivity index (χ4v) is 6.04. The molecule has 0 aliphatic heterocycles. The molecule has 0 radical (unpaired) electrons. The molecular weight excluding hydrogens is 734 g/mol. The molecule has 4 aliphatic rings. The smallest absolute Gasteiger partial charge is 0.233 e. The first kappa shape index (κ1) is 36.8. The van der Waals surface area contributed by atoms with E-state index in [1.54, 1.807) is 0 Å². The van der Waals surface area contributed by atoms with Crippen molar-refractivity contribution < 1.29 is 88.6 Å². The van der Waals surface area contributed by atoms with E-state index in [2.05, 4.69) is 0 Å². The van der Waals surface area contributed by atoms with Gasteiger partial charge in [0, 0.05) is 23.0 Å². The average molecular weight is 744 g/mol. The monoisotopic (exact) mass is 744 g/mol. The lowest BCUT2D eigenvalue weighted by molar-refractivity contribution is -0.126. The van der Waals surface area contributed by atoms with Crippen LogP contribution < -0.4 is 0 Å². The molecule has 2 nitrogen and oxygen atoms in total. The number of carbonyl (C=O) groups is 2. The second kappa shape index (κ2) is 12.1. The lowest BCUT2D eigenvalue weighted by atomic mass is 9.73. The maximum atomic E-state index is 15.1. The molecule has 50 heavy (non-hydrogen) atoms. The SMILES string of the molecule is O=C1C(F)=C[C@@H]2C[C@@H](F)C(F)=C(c3c(F)c(F)c(F)c(F)c3F)[C@]12F.O=C1C(F)=C[C@H]2C[C@H](F)C(F)=C(c3c(F)c(F)c(F)c(F)c3F)[C@@]12F. The molecule has 0 amide bonds. The second-order valence-corrected chi connectivity index (χ2v) is 11.1. The van der Waals surface area contributed by atoms with E-state index in [4.69, 9.17) is 0 Å². The first-order valence-corrected chi connectivity index (χ1v) is 13.4. The highest BCUT2D eigenvalue weighted by molar-refractivity contribution is 6.13. The van der Waals surface area contributed by atoms with Gasteiger partial charge < -0.3 is 0 Å². The van der Waals surface area contributed by atoms with Gasteiger partial charge in [-0.25, -0.2) is 79.0 Å². The van der Waals surface area contributed by atoms with Gasteiger partial charge >= 0.3 is 0 Å². The van der Waals surface area contributed by atoms with E-state index in [0.717, 1.165) is 0 Å². The average Bonchev–Trinajstić information content (AvgIpc) is 3.43. The molecule has 20 heteroatoms. The predicted molar refractivity (Wildman–Crippen MR) is 131 cm³/mol. The minimum absolute atomic E-state index is 0.285. The molecule has 0 bridgehead atoms. The zero-order valence-corrected chi connectivity index (χ0v) is 23.5. The zero-order valence-electron chi connectivity index (χ0n) is 23.5. The van der Waals surface area contributed by atoms with Crippen LogP contribution in [0, 0.1) is 70.0 Å². The summed E-state index contributed by atoms with van der Waals surface area (Å²) in [5.74, 6) is -42.2. The Balaban J connectivity index is 0.000000194. The molecule has 0 aromatic heterocycles. The van der Waals surface area contributed by atoms with Crippen molar-refractivity contribution in [3.8, 4) is 0 Å². The summed E-state index contributed by atoms with van der Waals surface area (Å²) >= 11 is 0. The summed E-state index contributed by atoms with van der Waals surface area (Å²) in [5, 5.41) is 0. The van der Waals surface area contributed by atoms with Crippen molar-refractivity contribution in [3.05, 3.63) is 105 Å². The fourth-order valence-electron chi connectivity index (χ4n) is 6.04. The minimum Gasteiger partial charge on any atom is -0.287 e. The van der Waals surface area contributed by atoms with Crippen molar-refractivity contribution in [3.63, 3.8) is 0 Å². The van der Waals surface area contributed by atoms with Gasteiger partial charge in [-0.1, -0.05) is 0 Å². The molecule has 0 saturated carbocycles. The van der Waals surface area contributed by atoms with Crippen molar-refractivity contribution in [1.82, 2.24) is 0 Å². The number of allylic oxidation sites excluding steroid dienone is 8. The number of carbonyl (C=O) groups excluding carboxylic acids is 2. The van der Waals surface area contributed by atoms with E-state index in [1.807, 2.05) is 0 Å². The molecule has 0 N–H and O–H groups in total. The van der Waals surface area contributed by atoms with E-state index in [0.29, 0.717) is 0 Å². The summed E-state index contributed by atoms with van der Waals surface area (Å²) in [6.07, 6.45) is -7.05. The van der Waals surface area contributed by atoms with Crippen LogP contribution in [0.25, 0.3) is 11.1 Å². The molecule has 0 saturated heterocycles. The number of rotatable bonds is 2. The van der Waals surface area contributed by atoms with Gasteiger partial charge in [-0.15, -0.1) is 0 Å². The molecule has 2 aromatic rings. The highest BCUT2D eigenvalue weighted by Gasteiger charge is 2.62. The first-order chi connectivity index (χ1) is 23.1. The Morgan fingerprint density at radius 1 is 0.440 bits per heavy atom. The van der Waals surface area contributed by atoms with E-state index >= 15 is 8.78 Å². The third-order valence-electron chi connectivity index (χ3n) is 8.41. The Hall–Kier alpha value is -4.52. The molecule has 0 heterocycles. The summed E-state index contributed by atoms with van der Waals surface area (Å²) in [7, 11) is 0. The Morgan fingerprint density at radius 2 is 0.680 bits per heavy atom. The van der Waals surface area contributed by atoms with E-state index in [9.17, 15) is 79.8 Å². The van der Waals surface area contributed by atoms with Crippen LogP contribution in [0.5, 0.6) is 0 Å². The number of ketones is 2. The first-order valence-electron chi connectivity index (χ1n) is 13.4. The van der Waals surface area contributed by atoms with Gasteiger partial charge in [0.2, 0.25) is 34.5 Å². The Bertz CT molecular complexity index is 1830. The predicted octanol–water partition coefficient (Wildman–Crippen LogP) is 9.13. The molecule has 0 spiro atoms. The fraction of sp³-hybridized carbons (Fsp3) is 0.267. The van der Waals surface area contributed by atoms with Crippen molar-refractivity contribution in [2.75, 3.05) is 0 Å². The third kappa shape index (κ3) is 4.83. The lowest BCUT2D eigenvalue weighted by Crippen LogP contribution is -2.44. The summed E-state index contributed by atoms with van der Waals surface area (Å²) in [6, 6.07) is 0. The highest BCUT2D eigenvalue weighted by atomic mass is 19.2. The molecule has 6 atom stereocenters. The van der Waals surface area contributed by atoms with Gasteiger partial charge in [-0.3, -0.25) is 9.59 Å². The number of fused-ring (bicyclic) bond motifs is 2. The summed E-state index contributed by atoms with van der Waals surface area (Å²) in [4.78, 5) is 23.4.